The molecule has 1 fully saturated rings. The van der Waals surface area contributed by atoms with Crippen LogP contribution in [0.2, 0.25) is 0 Å². The van der Waals surface area contributed by atoms with Crippen molar-refractivity contribution in [3.05, 3.63) is 59.8 Å². The van der Waals surface area contributed by atoms with Crippen molar-refractivity contribution in [2.45, 2.75) is 33.0 Å². The molecule has 0 aliphatic carbocycles. The van der Waals surface area contributed by atoms with Gasteiger partial charge in [-0.25, -0.2) is 4.98 Å². The second-order valence-corrected chi connectivity index (χ2v) is 7.02. The van der Waals surface area contributed by atoms with Gasteiger partial charge in [0.1, 0.15) is 12.4 Å². The lowest BCUT2D eigenvalue weighted by molar-refractivity contribution is 0.0788. The molecule has 4 rings (SSSR count). The molecule has 0 spiro atoms. The van der Waals surface area contributed by atoms with Crippen LogP contribution in [0.25, 0.3) is 10.9 Å². The summed E-state index contributed by atoms with van der Waals surface area (Å²) in [5, 5.41) is 1.09. The third-order valence-corrected chi connectivity index (χ3v) is 5.01. The molecule has 28 heavy (non-hydrogen) atoms. The van der Waals surface area contributed by atoms with Crippen LogP contribution in [0.4, 0.5) is 10.1 Å². The maximum absolute atomic E-state index is 13.7. The molecule has 0 radical (unpaired) electrons. The summed E-state index contributed by atoms with van der Waals surface area (Å²) in [4.78, 5) is 10.7. The normalized spacial score (nSPS) is 16.7. The monoisotopic (exact) mass is 381 g/mol. The predicted octanol–water partition coefficient (Wildman–Crippen LogP) is 4.27. The second kappa shape index (κ2) is 8.10. The molecular weight excluding hydrogens is 357 g/mol. The Kier molecular flexibility index (Phi) is 5.39. The summed E-state index contributed by atoms with van der Waals surface area (Å²) in [5.74, 6) is 0.158. The highest BCUT2D eigenvalue weighted by Crippen LogP contribution is 2.32. The van der Waals surface area contributed by atoms with Gasteiger partial charge in [-0.05, 0) is 50.6 Å². The standard InChI is InChI=1S/C22H24FN3O2/c1-3-27-18-8-10-26(13-18)21-11-15(2)25-20-12-17(6-7-19(20)21)28-14-16-5-4-9-24-22(16)23/h4-7,9,11-12,18H,3,8,10,13-14H2,1-2H3. The Balaban J connectivity index is 1.57. The molecule has 5 nitrogen and oxygen atoms in total. The summed E-state index contributed by atoms with van der Waals surface area (Å²) in [6.45, 7) is 6.77. The highest BCUT2D eigenvalue weighted by Gasteiger charge is 2.24. The second-order valence-electron chi connectivity index (χ2n) is 7.02. The number of fused-ring (bicyclic) bond motifs is 1. The van der Waals surface area contributed by atoms with Crippen LogP contribution in [0.3, 0.4) is 0 Å². The Bertz CT molecular complexity index is 979. The number of aryl methyl sites for hydroxylation is 1. The van der Waals surface area contributed by atoms with Crippen molar-refractivity contribution in [3.8, 4) is 5.75 Å². The summed E-state index contributed by atoms with van der Waals surface area (Å²) < 4.78 is 25.3. The van der Waals surface area contributed by atoms with Crippen LogP contribution in [0, 0.1) is 12.9 Å². The minimum atomic E-state index is -0.502. The number of rotatable bonds is 6. The van der Waals surface area contributed by atoms with E-state index in [-0.39, 0.29) is 12.7 Å². The Morgan fingerprint density at radius 1 is 1.25 bits per heavy atom. The molecule has 0 saturated carbocycles. The zero-order chi connectivity index (χ0) is 19.5. The van der Waals surface area contributed by atoms with Gasteiger partial charge in [0, 0.05) is 54.3 Å². The number of hydrogen-bond donors (Lipinski definition) is 0. The van der Waals surface area contributed by atoms with Gasteiger partial charge in [-0.3, -0.25) is 4.98 Å². The van der Waals surface area contributed by atoms with Gasteiger partial charge >= 0.3 is 0 Å². The van der Waals surface area contributed by atoms with Gasteiger partial charge in [0.05, 0.1) is 11.6 Å². The number of benzene rings is 1. The molecular formula is C22H24FN3O2. The average molecular weight is 381 g/mol. The summed E-state index contributed by atoms with van der Waals surface area (Å²) in [6, 6.07) is 11.3. The lowest BCUT2D eigenvalue weighted by Crippen LogP contribution is -2.23. The molecule has 0 amide bonds. The predicted molar refractivity (Wildman–Crippen MR) is 107 cm³/mol. The van der Waals surface area contributed by atoms with Crippen molar-refractivity contribution < 1.29 is 13.9 Å². The summed E-state index contributed by atoms with van der Waals surface area (Å²) in [6.07, 6.45) is 2.75. The van der Waals surface area contributed by atoms with E-state index in [2.05, 4.69) is 20.9 Å². The lowest BCUT2D eigenvalue weighted by atomic mass is 10.1. The van der Waals surface area contributed by atoms with E-state index < -0.39 is 5.95 Å². The fourth-order valence-electron chi connectivity index (χ4n) is 3.68. The highest BCUT2D eigenvalue weighted by atomic mass is 19.1. The van der Waals surface area contributed by atoms with E-state index in [1.807, 2.05) is 32.0 Å². The lowest BCUT2D eigenvalue weighted by Gasteiger charge is -2.21. The molecule has 1 aromatic carbocycles. The van der Waals surface area contributed by atoms with E-state index in [1.54, 1.807) is 12.1 Å². The van der Waals surface area contributed by atoms with Gasteiger partial charge in [-0.15, -0.1) is 0 Å². The molecule has 6 heteroatoms. The number of ether oxygens (including phenoxy) is 2. The minimum absolute atomic E-state index is 0.131. The van der Waals surface area contributed by atoms with Gasteiger partial charge in [0.15, 0.2) is 0 Å². The minimum Gasteiger partial charge on any atom is -0.489 e. The first-order valence-corrected chi connectivity index (χ1v) is 9.64. The molecule has 1 unspecified atom stereocenters. The Morgan fingerprint density at radius 3 is 2.96 bits per heavy atom. The van der Waals surface area contributed by atoms with Gasteiger partial charge in [0.25, 0.3) is 0 Å². The van der Waals surface area contributed by atoms with Crippen LogP contribution in [0.15, 0.2) is 42.6 Å². The van der Waals surface area contributed by atoms with Crippen LogP contribution in [-0.4, -0.2) is 35.8 Å². The molecule has 0 bridgehead atoms. The summed E-state index contributed by atoms with van der Waals surface area (Å²) >= 11 is 0. The van der Waals surface area contributed by atoms with Crippen molar-refractivity contribution in [3.63, 3.8) is 0 Å². The van der Waals surface area contributed by atoms with Crippen molar-refractivity contribution in [1.29, 1.82) is 0 Å². The van der Waals surface area contributed by atoms with Gasteiger partial charge < -0.3 is 14.4 Å². The maximum Gasteiger partial charge on any atom is 0.219 e. The first-order valence-electron chi connectivity index (χ1n) is 9.64. The number of anilines is 1. The zero-order valence-corrected chi connectivity index (χ0v) is 16.2. The van der Waals surface area contributed by atoms with E-state index >= 15 is 0 Å². The highest BCUT2D eigenvalue weighted by molar-refractivity contribution is 5.93. The first-order chi connectivity index (χ1) is 13.6. The molecule has 0 N–H and O–H groups in total. The molecule has 1 aliphatic heterocycles. The van der Waals surface area contributed by atoms with Crippen molar-refractivity contribution in [1.82, 2.24) is 9.97 Å². The maximum atomic E-state index is 13.7. The average Bonchev–Trinajstić information content (AvgIpc) is 3.15. The fourth-order valence-corrected chi connectivity index (χ4v) is 3.68. The number of pyridine rings is 2. The van der Waals surface area contributed by atoms with Crippen molar-refractivity contribution in [2.24, 2.45) is 0 Å². The molecule has 3 heterocycles. The van der Waals surface area contributed by atoms with Crippen molar-refractivity contribution in [2.75, 3.05) is 24.6 Å². The van der Waals surface area contributed by atoms with Gasteiger partial charge in [0.2, 0.25) is 5.95 Å². The molecule has 1 atom stereocenters. The third-order valence-electron chi connectivity index (χ3n) is 5.01. The van der Waals surface area contributed by atoms with Gasteiger partial charge in [-0.2, -0.15) is 4.39 Å². The SMILES string of the molecule is CCOC1CCN(c2cc(C)nc3cc(OCc4cccnc4F)ccc23)C1. The van der Waals surface area contributed by atoms with Crippen LogP contribution < -0.4 is 9.64 Å². The largest absolute Gasteiger partial charge is 0.489 e. The Morgan fingerprint density at radius 2 is 2.14 bits per heavy atom. The number of aromatic nitrogens is 2. The molecule has 146 valence electrons. The van der Waals surface area contributed by atoms with Gasteiger partial charge in [-0.1, -0.05) is 0 Å². The zero-order valence-electron chi connectivity index (χ0n) is 16.2. The van der Waals surface area contributed by atoms with E-state index in [0.717, 1.165) is 42.7 Å². The Labute approximate surface area is 164 Å². The topological polar surface area (TPSA) is 47.5 Å². The van der Waals surface area contributed by atoms with Crippen molar-refractivity contribution >= 4 is 16.6 Å². The van der Waals surface area contributed by atoms with Crippen LogP contribution in [0.5, 0.6) is 5.75 Å². The van der Waals surface area contributed by atoms with E-state index in [9.17, 15) is 4.39 Å². The smallest absolute Gasteiger partial charge is 0.219 e. The Hall–Kier alpha value is -2.73. The molecule has 1 aliphatic rings. The first kappa shape index (κ1) is 18.6. The number of nitrogens with zero attached hydrogens (tertiary/aromatic N) is 3. The number of halogens is 1. The molecule has 1 saturated heterocycles. The molecule has 2 aromatic heterocycles. The van der Waals surface area contributed by atoms with E-state index in [4.69, 9.17) is 9.47 Å². The summed E-state index contributed by atoms with van der Waals surface area (Å²) in [7, 11) is 0. The molecule has 3 aromatic rings. The van der Waals surface area contributed by atoms with Crippen LogP contribution in [-0.2, 0) is 11.3 Å². The van der Waals surface area contributed by atoms with E-state index in [1.165, 1.54) is 11.9 Å². The van der Waals surface area contributed by atoms with Crippen LogP contribution >= 0.6 is 0 Å². The van der Waals surface area contributed by atoms with Crippen LogP contribution in [0.1, 0.15) is 24.6 Å². The third kappa shape index (κ3) is 3.92. The summed E-state index contributed by atoms with van der Waals surface area (Å²) in [5.41, 5.74) is 3.44. The van der Waals surface area contributed by atoms with E-state index in [0.29, 0.717) is 11.3 Å². The fraction of sp³-hybridized carbons (Fsp3) is 0.364. The number of hydrogen-bond acceptors (Lipinski definition) is 5. The quantitative estimate of drug-likeness (QED) is 0.597.